The van der Waals surface area contributed by atoms with Gasteiger partial charge in [0.1, 0.15) is 29.9 Å². The molecule has 0 amide bonds. The Balaban J connectivity index is 2.17. The summed E-state index contributed by atoms with van der Waals surface area (Å²) in [6.07, 6.45) is 3.05. The van der Waals surface area contributed by atoms with Crippen LogP contribution in [0.25, 0.3) is 0 Å². The molecule has 0 saturated carbocycles. The van der Waals surface area contributed by atoms with Crippen molar-refractivity contribution >= 4 is 11.8 Å². The first-order valence-electron chi connectivity index (χ1n) is 7.54. The molecule has 0 radical (unpaired) electrons. The number of ether oxygens (including phenoxy) is 1. The average molecular weight is 308 g/mol. The monoisotopic (exact) mass is 308 g/mol. The van der Waals surface area contributed by atoms with Crippen molar-refractivity contribution in [2.45, 2.75) is 75.3 Å². The van der Waals surface area contributed by atoms with Crippen LogP contribution in [0.3, 0.4) is 0 Å². The van der Waals surface area contributed by atoms with Crippen LogP contribution < -0.4 is 0 Å². The predicted octanol–water partition coefficient (Wildman–Crippen LogP) is 0.880. The Kier molecular flexibility index (Phi) is 9.08. The molecule has 20 heavy (non-hydrogen) atoms. The van der Waals surface area contributed by atoms with E-state index in [2.05, 4.69) is 6.92 Å². The molecule has 0 unspecified atom stereocenters. The normalized spacial score (nSPS) is 31.6. The first-order chi connectivity index (χ1) is 9.61. The molecule has 5 atom stereocenters. The lowest BCUT2D eigenvalue weighted by Gasteiger charge is -2.18. The Morgan fingerprint density at radius 1 is 1.05 bits per heavy atom. The van der Waals surface area contributed by atoms with E-state index in [0.29, 0.717) is 0 Å². The fourth-order valence-corrected chi connectivity index (χ4v) is 3.48. The van der Waals surface area contributed by atoms with E-state index in [4.69, 9.17) is 9.84 Å². The van der Waals surface area contributed by atoms with Crippen LogP contribution in [0.2, 0.25) is 0 Å². The van der Waals surface area contributed by atoms with E-state index < -0.39 is 36.5 Å². The van der Waals surface area contributed by atoms with E-state index in [-0.39, 0.29) is 0 Å². The number of aliphatic hydroxyl groups is 4. The van der Waals surface area contributed by atoms with Crippen LogP contribution in [0.1, 0.15) is 45.4 Å². The lowest BCUT2D eigenvalue weighted by Crippen LogP contribution is -2.40. The van der Waals surface area contributed by atoms with Crippen molar-refractivity contribution in [3.8, 4) is 0 Å². The molecule has 0 aromatic rings. The topological polar surface area (TPSA) is 90.2 Å². The van der Waals surface area contributed by atoms with Crippen LogP contribution in [0.5, 0.6) is 0 Å². The largest absolute Gasteiger partial charge is 0.394 e. The molecule has 0 spiro atoms. The molecule has 1 fully saturated rings. The Hall–Kier alpha value is 0.150. The zero-order valence-electron chi connectivity index (χ0n) is 12.1. The number of hydrogen-bond donors (Lipinski definition) is 4. The van der Waals surface area contributed by atoms with Gasteiger partial charge in [-0.3, -0.25) is 0 Å². The number of rotatable bonds is 10. The van der Waals surface area contributed by atoms with Crippen molar-refractivity contribution in [3.63, 3.8) is 0 Å². The zero-order chi connectivity index (χ0) is 15.0. The minimum Gasteiger partial charge on any atom is -0.394 e. The Morgan fingerprint density at radius 2 is 1.70 bits per heavy atom. The highest BCUT2D eigenvalue weighted by atomic mass is 32.2. The second-order valence-corrected chi connectivity index (χ2v) is 6.54. The van der Waals surface area contributed by atoms with Crippen LogP contribution in [-0.2, 0) is 4.74 Å². The minimum absolute atomic E-state index is 0.483. The van der Waals surface area contributed by atoms with Crippen molar-refractivity contribution in [2.75, 3.05) is 12.4 Å². The fourth-order valence-electron chi connectivity index (χ4n) is 2.31. The third kappa shape index (κ3) is 5.50. The molecule has 0 aliphatic carbocycles. The molecule has 1 aliphatic rings. The maximum Gasteiger partial charge on any atom is 0.132 e. The number of hydrogen-bond acceptors (Lipinski definition) is 6. The van der Waals surface area contributed by atoms with Crippen LogP contribution in [-0.4, -0.2) is 62.6 Å². The van der Waals surface area contributed by atoms with Gasteiger partial charge in [-0.2, -0.15) is 0 Å². The molecule has 1 rings (SSSR count). The standard InChI is InChI=1S/C14H28O5S/c1-2-3-4-5-6-7-8-20-14-12(18)11(17)13(19-14)10(16)9-15/h10-18H,2-9H2,1H3/t10-,11+,12+,13-,14-/m0/s1. The van der Waals surface area contributed by atoms with Crippen LogP contribution in [0, 0.1) is 0 Å². The molecule has 0 aromatic carbocycles. The quantitative estimate of drug-likeness (QED) is 0.448. The highest BCUT2D eigenvalue weighted by Gasteiger charge is 2.45. The summed E-state index contributed by atoms with van der Waals surface area (Å²) < 4.78 is 5.44. The van der Waals surface area contributed by atoms with E-state index in [9.17, 15) is 15.3 Å². The molecule has 0 aromatic heterocycles. The Morgan fingerprint density at radius 3 is 2.35 bits per heavy atom. The minimum atomic E-state index is -1.15. The Bertz CT molecular complexity index is 254. The first-order valence-corrected chi connectivity index (χ1v) is 8.58. The number of aliphatic hydroxyl groups excluding tert-OH is 4. The summed E-state index contributed by atoms with van der Waals surface area (Å²) in [5.74, 6) is 0.864. The second kappa shape index (κ2) is 9.97. The lowest BCUT2D eigenvalue weighted by atomic mass is 10.1. The van der Waals surface area contributed by atoms with Crippen molar-refractivity contribution in [1.82, 2.24) is 0 Å². The summed E-state index contributed by atoms with van der Waals surface area (Å²) in [4.78, 5) is 0. The molecule has 4 N–H and O–H groups in total. The molecule has 120 valence electrons. The van der Waals surface area contributed by atoms with Gasteiger partial charge >= 0.3 is 0 Å². The summed E-state index contributed by atoms with van der Waals surface area (Å²) >= 11 is 1.47. The second-order valence-electron chi connectivity index (χ2n) is 5.34. The van der Waals surface area contributed by atoms with E-state index >= 15 is 0 Å². The van der Waals surface area contributed by atoms with Crippen LogP contribution in [0.4, 0.5) is 0 Å². The van der Waals surface area contributed by atoms with E-state index in [1.165, 1.54) is 43.9 Å². The summed E-state index contributed by atoms with van der Waals surface area (Å²) in [6.45, 7) is 1.71. The van der Waals surface area contributed by atoms with E-state index in [1.807, 2.05) is 0 Å². The highest BCUT2D eigenvalue weighted by Crippen LogP contribution is 2.31. The summed E-state index contributed by atoms with van der Waals surface area (Å²) in [5.41, 5.74) is -0.521. The smallest absolute Gasteiger partial charge is 0.132 e. The van der Waals surface area contributed by atoms with Crippen LogP contribution >= 0.6 is 11.8 Å². The predicted molar refractivity (Wildman–Crippen MR) is 79.6 cm³/mol. The third-order valence-electron chi connectivity index (χ3n) is 3.60. The van der Waals surface area contributed by atoms with Crippen molar-refractivity contribution in [3.05, 3.63) is 0 Å². The van der Waals surface area contributed by atoms with E-state index in [0.717, 1.165) is 12.2 Å². The van der Waals surface area contributed by atoms with Gasteiger partial charge in [0, 0.05) is 0 Å². The number of thioether (sulfide) groups is 1. The first kappa shape index (κ1) is 18.2. The van der Waals surface area contributed by atoms with Crippen LogP contribution in [0.15, 0.2) is 0 Å². The van der Waals surface area contributed by atoms with Gasteiger partial charge < -0.3 is 25.2 Å². The van der Waals surface area contributed by atoms with Gasteiger partial charge in [0.2, 0.25) is 0 Å². The van der Waals surface area contributed by atoms with Gasteiger partial charge in [0.15, 0.2) is 0 Å². The van der Waals surface area contributed by atoms with E-state index in [1.54, 1.807) is 0 Å². The fraction of sp³-hybridized carbons (Fsp3) is 1.00. The Labute approximate surface area is 125 Å². The zero-order valence-corrected chi connectivity index (χ0v) is 13.0. The highest BCUT2D eigenvalue weighted by molar-refractivity contribution is 7.99. The number of unbranched alkanes of at least 4 members (excludes halogenated alkanes) is 5. The molecular weight excluding hydrogens is 280 g/mol. The van der Waals surface area contributed by atoms with Gasteiger partial charge in [-0.25, -0.2) is 0 Å². The summed E-state index contributed by atoms with van der Waals surface area (Å²) in [5, 5.41) is 38.0. The molecule has 5 nitrogen and oxygen atoms in total. The van der Waals surface area contributed by atoms with Gasteiger partial charge in [-0.05, 0) is 12.2 Å². The molecule has 1 saturated heterocycles. The molecule has 6 heteroatoms. The van der Waals surface area contributed by atoms with Gasteiger partial charge in [-0.15, -0.1) is 11.8 Å². The van der Waals surface area contributed by atoms with Crippen molar-refractivity contribution in [1.29, 1.82) is 0 Å². The SMILES string of the molecule is CCCCCCCCS[C@@H]1O[C@@H]([C@@H](O)CO)[C@H](O)[C@H]1O. The molecule has 1 aliphatic heterocycles. The molecular formula is C14H28O5S. The third-order valence-corrected chi connectivity index (χ3v) is 4.85. The molecule has 1 heterocycles. The van der Waals surface area contributed by atoms with Gasteiger partial charge in [0.25, 0.3) is 0 Å². The van der Waals surface area contributed by atoms with Gasteiger partial charge in [-0.1, -0.05) is 39.0 Å². The summed E-state index contributed by atoms with van der Waals surface area (Å²) in [6, 6.07) is 0. The summed E-state index contributed by atoms with van der Waals surface area (Å²) in [7, 11) is 0. The maximum absolute atomic E-state index is 9.86. The maximum atomic E-state index is 9.86. The lowest BCUT2D eigenvalue weighted by molar-refractivity contribution is -0.0713. The van der Waals surface area contributed by atoms with Crippen molar-refractivity contribution < 1.29 is 25.2 Å². The van der Waals surface area contributed by atoms with Gasteiger partial charge in [0.05, 0.1) is 6.61 Å². The van der Waals surface area contributed by atoms with Crippen molar-refractivity contribution in [2.24, 2.45) is 0 Å². The average Bonchev–Trinajstić information content (AvgIpc) is 2.74. The molecule has 0 bridgehead atoms.